The first-order valence-corrected chi connectivity index (χ1v) is 7.73. The number of nitrogens with zero attached hydrogens (tertiary/aromatic N) is 2. The van der Waals surface area contributed by atoms with Gasteiger partial charge in [-0.15, -0.1) is 11.6 Å². The first kappa shape index (κ1) is 15.1. The van der Waals surface area contributed by atoms with Crippen LogP contribution < -0.4 is 4.90 Å². The van der Waals surface area contributed by atoms with Crippen LogP contribution in [0.25, 0.3) is 0 Å². The summed E-state index contributed by atoms with van der Waals surface area (Å²) < 4.78 is 0. The molecular weight excluding hydrogens is 276 g/mol. The zero-order valence-corrected chi connectivity index (χ0v) is 12.6. The molecular formula is C15H21ClN2O2. The minimum atomic E-state index is -0.370. The highest BCUT2D eigenvalue weighted by Crippen LogP contribution is 2.31. The minimum absolute atomic E-state index is 0.110. The Morgan fingerprint density at radius 3 is 2.50 bits per heavy atom. The summed E-state index contributed by atoms with van der Waals surface area (Å²) in [6, 6.07) is 5.51. The molecule has 1 aromatic rings. The molecule has 0 atom stereocenters. The van der Waals surface area contributed by atoms with Gasteiger partial charge in [-0.05, 0) is 24.5 Å². The Kier molecular flexibility index (Phi) is 5.24. The first-order valence-electron chi connectivity index (χ1n) is 7.19. The number of rotatable bonds is 4. The van der Waals surface area contributed by atoms with Gasteiger partial charge >= 0.3 is 0 Å². The molecule has 1 aromatic carbocycles. The summed E-state index contributed by atoms with van der Waals surface area (Å²) >= 11 is 5.97. The minimum Gasteiger partial charge on any atom is -0.371 e. The van der Waals surface area contributed by atoms with Crippen LogP contribution in [0.2, 0.25) is 0 Å². The van der Waals surface area contributed by atoms with Gasteiger partial charge in [-0.25, -0.2) is 0 Å². The standard InChI is InChI=1S/C15H21ClN2O2/c1-17(13-6-4-2-3-5-7-13)15-9-8-14(18(19)20)10-12(15)11-16/h8-10,13H,2-7,11H2,1H3. The highest BCUT2D eigenvalue weighted by molar-refractivity contribution is 6.17. The van der Waals surface area contributed by atoms with Crippen LogP contribution in [-0.2, 0) is 5.88 Å². The molecule has 110 valence electrons. The number of hydrogen-bond donors (Lipinski definition) is 0. The second-order valence-electron chi connectivity index (χ2n) is 5.46. The third kappa shape index (κ3) is 3.42. The average molecular weight is 297 g/mol. The number of nitro groups is 1. The summed E-state index contributed by atoms with van der Waals surface area (Å²) in [5.41, 5.74) is 1.98. The van der Waals surface area contributed by atoms with Crippen molar-refractivity contribution in [1.82, 2.24) is 0 Å². The second-order valence-corrected chi connectivity index (χ2v) is 5.73. The fourth-order valence-electron chi connectivity index (χ4n) is 2.98. The van der Waals surface area contributed by atoms with Gasteiger partial charge in [0.05, 0.1) is 4.92 Å². The molecule has 0 N–H and O–H groups in total. The van der Waals surface area contributed by atoms with Crippen LogP contribution in [0, 0.1) is 10.1 Å². The monoisotopic (exact) mass is 296 g/mol. The van der Waals surface area contributed by atoms with Gasteiger partial charge in [0.2, 0.25) is 0 Å². The van der Waals surface area contributed by atoms with E-state index >= 15 is 0 Å². The van der Waals surface area contributed by atoms with Crippen LogP contribution in [0.4, 0.5) is 11.4 Å². The lowest BCUT2D eigenvalue weighted by atomic mass is 10.0. The zero-order valence-electron chi connectivity index (χ0n) is 11.8. The molecule has 0 radical (unpaired) electrons. The predicted octanol–water partition coefficient (Wildman–Crippen LogP) is 4.49. The van der Waals surface area contributed by atoms with Gasteiger partial charge in [0.15, 0.2) is 0 Å². The van der Waals surface area contributed by atoms with Gasteiger partial charge in [-0.1, -0.05) is 25.7 Å². The molecule has 0 spiro atoms. The van der Waals surface area contributed by atoms with Crippen molar-refractivity contribution in [1.29, 1.82) is 0 Å². The Hall–Kier alpha value is -1.29. The van der Waals surface area contributed by atoms with Crippen LogP contribution in [-0.4, -0.2) is 18.0 Å². The van der Waals surface area contributed by atoms with E-state index < -0.39 is 0 Å². The summed E-state index contributed by atoms with van der Waals surface area (Å²) in [6.45, 7) is 0. The van der Waals surface area contributed by atoms with Gasteiger partial charge in [0.1, 0.15) is 0 Å². The maximum Gasteiger partial charge on any atom is 0.269 e. The molecule has 1 saturated carbocycles. The first-order chi connectivity index (χ1) is 9.63. The molecule has 0 heterocycles. The Balaban J connectivity index is 2.23. The Morgan fingerprint density at radius 1 is 1.30 bits per heavy atom. The molecule has 20 heavy (non-hydrogen) atoms. The number of benzene rings is 1. The quantitative estimate of drug-likeness (QED) is 0.356. The lowest BCUT2D eigenvalue weighted by Gasteiger charge is -2.30. The molecule has 1 aliphatic carbocycles. The zero-order chi connectivity index (χ0) is 14.5. The number of alkyl halides is 1. The SMILES string of the molecule is CN(c1ccc([N+](=O)[O-])cc1CCl)C1CCCCCC1. The molecule has 0 unspecified atom stereocenters. The fourth-order valence-corrected chi connectivity index (χ4v) is 3.19. The van der Waals surface area contributed by atoms with Crippen LogP contribution >= 0.6 is 11.6 Å². The van der Waals surface area contributed by atoms with Gasteiger partial charge in [-0.3, -0.25) is 10.1 Å². The molecule has 0 saturated heterocycles. The lowest BCUT2D eigenvalue weighted by Crippen LogP contribution is -2.31. The maximum absolute atomic E-state index is 10.8. The summed E-state index contributed by atoms with van der Waals surface area (Å²) in [4.78, 5) is 12.7. The molecule has 5 heteroatoms. The maximum atomic E-state index is 10.8. The van der Waals surface area contributed by atoms with E-state index in [0.717, 1.165) is 11.3 Å². The van der Waals surface area contributed by atoms with Gasteiger partial charge in [0.25, 0.3) is 5.69 Å². The van der Waals surface area contributed by atoms with Gasteiger partial charge < -0.3 is 4.90 Å². The molecule has 0 aromatic heterocycles. The Bertz CT molecular complexity index is 471. The van der Waals surface area contributed by atoms with Crippen LogP contribution in [0.1, 0.15) is 44.1 Å². The van der Waals surface area contributed by atoms with Crippen molar-refractivity contribution in [3.8, 4) is 0 Å². The van der Waals surface area contributed by atoms with E-state index in [1.54, 1.807) is 12.1 Å². The normalized spacial score (nSPS) is 16.7. The van der Waals surface area contributed by atoms with Crippen LogP contribution in [0.15, 0.2) is 18.2 Å². The summed E-state index contributed by atoms with van der Waals surface area (Å²) in [7, 11) is 2.08. The van der Waals surface area contributed by atoms with E-state index in [9.17, 15) is 10.1 Å². The fraction of sp³-hybridized carbons (Fsp3) is 0.600. The van der Waals surface area contributed by atoms with Crippen molar-refractivity contribution in [3.05, 3.63) is 33.9 Å². The van der Waals surface area contributed by atoms with E-state index in [2.05, 4.69) is 11.9 Å². The van der Waals surface area contributed by atoms with Crippen molar-refractivity contribution >= 4 is 23.0 Å². The third-order valence-electron chi connectivity index (χ3n) is 4.17. The van der Waals surface area contributed by atoms with E-state index in [1.165, 1.54) is 38.5 Å². The van der Waals surface area contributed by atoms with Crippen molar-refractivity contribution in [2.75, 3.05) is 11.9 Å². The highest BCUT2D eigenvalue weighted by Gasteiger charge is 2.20. The Labute approximate surface area is 124 Å². The molecule has 0 amide bonds. The number of halogens is 1. The number of non-ortho nitro benzene ring substituents is 1. The number of hydrogen-bond acceptors (Lipinski definition) is 3. The lowest BCUT2D eigenvalue weighted by molar-refractivity contribution is -0.384. The molecule has 1 aliphatic rings. The molecule has 1 fully saturated rings. The molecule has 2 rings (SSSR count). The third-order valence-corrected chi connectivity index (χ3v) is 4.46. The van der Waals surface area contributed by atoms with Crippen molar-refractivity contribution < 1.29 is 4.92 Å². The van der Waals surface area contributed by atoms with Crippen LogP contribution in [0.5, 0.6) is 0 Å². The van der Waals surface area contributed by atoms with E-state index in [0.29, 0.717) is 11.9 Å². The number of anilines is 1. The van der Waals surface area contributed by atoms with E-state index in [1.807, 2.05) is 6.07 Å². The van der Waals surface area contributed by atoms with E-state index in [-0.39, 0.29) is 10.6 Å². The van der Waals surface area contributed by atoms with Crippen molar-refractivity contribution in [2.24, 2.45) is 0 Å². The summed E-state index contributed by atoms with van der Waals surface area (Å²) in [5, 5.41) is 10.8. The molecule has 4 nitrogen and oxygen atoms in total. The van der Waals surface area contributed by atoms with Crippen LogP contribution in [0.3, 0.4) is 0 Å². The van der Waals surface area contributed by atoms with Crippen molar-refractivity contribution in [3.63, 3.8) is 0 Å². The molecule has 0 aliphatic heterocycles. The largest absolute Gasteiger partial charge is 0.371 e. The summed E-state index contributed by atoms with van der Waals surface area (Å²) in [5.74, 6) is 0.300. The van der Waals surface area contributed by atoms with E-state index in [4.69, 9.17) is 11.6 Å². The van der Waals surface area contributed by atoms with Gasteiger partial charge in [-0.2, -0.15) is 0 Å². The predicted molar refractivity (Wildman–Crippen MR) is 82.5 cm³/mol. The smallest absolute Gasteiger partial charge is 0.269 e. The van der Waals surface area contributed by atoms with Crippen molar-refractivity contribution in [2.45, 2.75) is 50.4 Å². The highest BCUT2D eigenvalue weighted by atomic mass is 35.5. The second kappa shape index (κ2) is 6.93. The molecule has 0 bridgehead atoms. The summed E-state index contributed by atoms with van der Waals surface area (Å²) in [6.07, 6.45) is 7.53. The topological polar surface area (TPSA) is 46.4 Å². The van der Waals surface area contributed by atoms with Gasteiger partial charge in [0, 0.05) is 36.8 Å². The number of nitro benzene ring substituents is 1. The average Bonchev–Trinajstić information content (AvgIpc) is 2.74. The Morgan fingerprint density at radius 2 is 1.95 bits per heavy atom.